The lowest BCUT2D eigenvalue weighted by Gasteiger charge is -2.36. The maximum Gasteiger partial charge on any atom is 0.122 e. The number of hydrogen-bond acceptors (Lipinski definition) is 3. The zero-order chi connectivity index (χ0) is 14.8. The number of ether oxygens (including phenoxy) is 1. The lowest BCUT2D eigenvalue weighted by molar-refractivity contribution is -0.0187. The Morgan fingerprint density at radius 3 is 2.50 bits per heavy atom. The van der Waals surface area contributed by atoms with E-state index < -0.39 is 5.60 Å². The minimum Gasteiger partial charge on any atom is -0.491 e. The van der Waals surface area contributed by atoms with Crippen molar-refractivity contribution in [2.45, 2.75) is 52.2 Å². The molecule has 0 radical (unpaired) electrons. The van der Waals surface area contributed by atoms with Crippen LogP contribution in [0.15, 0.2) is 18.2 Å². The van der Waals surface area contributed by atoms with Gasteiger partial charge in [0.05, 0.1) is 11.7 Å². The van der Waals surface area contributed by atoms with E-state index in [9.17, 15) is 5.11 Å². The molecule has 0 aromatic heterocycles. The monoisotopic (exact) mass is 277 g/mol. The normalized spacial score (nSPS) is 19.9. The summed E-state index contributed by atoms with van der Waals surface area (Å²) in [7, 11) is 0. The molecule has 0 bridgehead atoms. The molecular weight excluding hydrogens is 250 g/mol. The maximum atomic E-state index is 10.9. The molecule has 1 aliphatic heterocycles. The summed E-state index contributed by atoms with van der Waals surface area (Å²) in [6.07, 6.45) is 2.22. The first-order valence-electron chi connectivity index (χ1n) is 7.62. The molecule has 0 saturated carbocycles. The average Bonchev–Trinajstić information content (AvgIpc) is 2.41. The summed E-state index contributed by atoms with van der Waals surface area (Å²) >= 11 is 0. The quantitative estimate of drug-likeness (QED) is 0.889. The molecule has 0 amide bonds. The third-order valence-electron chi connectivity index (χ3n) is 4.26. The number of piperidine rings is 1. The summed E-state index contributed by atoms with van der Waals surface area (Å²) in [6.45, 7) is 10.0. The molecule has 1 atom stereocenters. The number of rotatable bonds is 4. The van der Waals surface area contributed by atoms with Crippen LogP contribution >= 0.6 is 0 Å². The van der Waals surface area contributed by atoms with Crippen LogP contribution in [0.3, 0.4) is 0 Å². The van der Waals surface area contributed by atoms with Gasteiger partial charge in [0.25, 0.3) is 0 Å². The Bertz CT molecular complexity index is 448. The Kier molecular flexibility index (Phi) is 4.71. The number of aryl methyl sites for hydroxylation is 1. The third kappa shape index (κ3) is 3.33. The van der Waals surface area contributed by atoms with Crippen molar-refractivity contribution in [2.75, 3.05) is 13.1 Å². The van der Waals surface area contributed by atoms with Crippen molar-refractivity contribution < 1.29 is 9.84 Å². The van der Waals surface area contributed by atoms with Crippen LogP contribution < -0.4 is 10.1 Å². The maximum absolute atomic E-state index is 10.9. The predicted molar refractivity (Wildman–Crippen MR) is 82.1 cm³/mol. The molecule has 0 aliphatic carbocycles. The second-order valence-corrected chi connectivity index (χ2v) is 6.32. The molecule has 2 rings (SSSR count). The molecule has 20 heavy (non-hydrogen) atoms. The van der Waals surface area contributed by atoms with Crippen LogP contribution in [0, 0.1) is 12.8 Å². The van der Waals surface area contributed by atoms with Crippen molar-refractivity contribution in [3.63, 3.8) is 0 Å². The second-order valence-electron chi connectivity index (χ2n) is 6.32. The molecule has 1 aromatic carbocycles. The largest absolute Gasteiger partial charge is 0.491 e. The minimum absolute atomic E-state index is 0.171. The van der Waals surface area contributed by atoms with Crippen LogP contribution in [-0.4, -0.2) is 24.3 Å². The topological polar surface area (TPSA) is 41.5 Å². The Morgan fingerprint density at radius 2 is 1.95 bits per heavy atom. The molecular formula is C17H27NO2. The molecule has 1 aromatic rings. The van der Waals surface area contributed by atoms with Gasteiger partial charge in [-0.05, 0) is 82.8 Å². The number of benzene rings is 1. The van der Waals surface area contributed by atoms with Crippen LogP contribution in [0.5, 0.6) is 5.75 Å². The van der Waals surface area contributed by atoms with Gasteiger partial charge in [0.1, 0.15) is 5.75 Å². The highest BCUT2D eigenvalue weighted by Crippen LogP contribution is 2.36. The van der Waals surface area contributed by atoms with Crippen LogP contribution in [0.2, 0.25) is 0 Å². The number of hydrogen-bond donors (Lipinski definition) is 2. The van der Waals surface area contributed by atoms with E-state index in [0.717, 1.165) is 42.8 Å². The van der Waals surface area contributed by atoms with Crippen LogP contribution in [0.25, 0.3) is 0 Å². The van der Waals surface area contributed by atoms with Gasteiger partial charge in [0, 0.05) is 0 Å². The first-order valence-corrected chi connectivity index (χ1v) is 7.62. The molecule has 2 N–H and O–H groups in total. The Balaban J connectivity index is 2.21. The van der Waals surface area contributed by atoms with Crippen molar-refractivity contribution in [3.8, 4) is 5.75 Å². The first-order chi connectivity index (χ1) is 9.41. The van der Waals surface area contributed by atoms with E-state index in [2.05, 4.69) is 11.4 Å². The summed E-state index contributed by atoms with van der Waals surface area (Å²) in [4.78, 5) is 0. The lowest BCUT2D eigenvalue weighted by Crippen LogP contribution is -2.39. The van der Waals surface area contributed by atoms with Gasteiger partial charge in [0.2, 0.25) is 0 Å². The Morgan fingerprint density at radius 1 is 1.30 bits per heavy atom. The van der Waals surface area contributed by atoms with Crippen LogP contribution in [0.1, 0.15) is 44.7 Å². The second kappa shape index (κ2) is 6.15. The third-order valence-corrected chi connectivity index (χ3v) is 4.26. The van der Waals surface area contributed by atoms with E-state index in [0.29, 0.717) is 5.92 Å². The van der Waals surface area contributed by atoms with Crippen molar-refractivity contribution in [1.29, 1.82) is 0 Å². The summed E-state index contributed by atoms with van der Waals surface area (Å²) in [5, 5.41) is 14.3. The molecule has 1 fully saturated rings. The van der Waals surface area contributed by atoms with E-state index in [1.54, 1.807) is 0 Å². The fourth-order valence-corrected chi connectivity index (χ4v) is 2.97. The predicted octanol–water partition coefficient (Wildman–Crippen LogP) is 2.99. The molecule has 1 aliphatic rings. The molecule has 0 spiro atoms. The SMILES string of the molecule is Cc1cc(C(C)(O)C2CCNCC2)ccc1OC(C)C. The first kappa shape index (κ1) is 15.3. The lowest BCUT2D eigenvalue weighted by atomic mass is 9.77. The van der Waals surface area contributed by atoms with Gasteiger partial charge < -0.3 is 15.2 Å². The van der Waals surface area contributed by atoms with Crippen molar-refractivity contribution in [2.24, 2.45) is 5.92 Å². The van der Waals surface area contributed by atoms with Gasteiger partial charge in [-0.15, -0.1) is 0 Å². The van der Waals surface area contributed by atoms with E-state index in [1.165, 1.54) is 0 Å². The molecule has 3 heteroatoms. The van der Waals surface area contributed by atoms with Crippen molar-refractivity contribution in [3.05, 3.63) is 29.3 Å². The van der Waals surface area contributed by atoms with Gasteiger partial charge in [-0.3, -0.25) is 0 Å². The smallest absolute Gasteiger partial charge is 0.122 e. The Labute approximate surface area is 122 Å². The van der Waals surface area contributed by atoms with E-state index >= 15 is 0 Å². The summed E-state index contributed by atoms with van der Waals surface area (Å²) in [6, 6.07) is 6.06. The zero-order valence-electron chi connectivity index (χ0n) is 13.1. The summed E-state index contributed by atoms with van der Waals surface area (Å²) in [5.41, 5.74) is 1.33. The van der Waals surface area contributed by atoms with Crippen LogP contribution in [0.4, 0.5) is 0 Å². The summed E-state index contributed by atoms with van der Waals surface area (Å²) in [5.74, 6) is 1.23. The highest BCUT2D eigenvalue weighted by molar-refractivity contribution is 5.38. The molecule has 1 heterocycles. The van der Waals surface area contributed by atoms with Gasteiger partial charge >= 0.3 is 0 Å². The highest BCUT2D eigenvalue weighted by Gasteiger charge is 2.34. The number of nitrogens with one attached hydrogen (secondary N) is 1. The van der Waals surface area contributed by atoms with E-state index in [4.69, 9.17) is 4.74 Å². The van der Waals surface area contributed by atoms with Gasteiger partial charge in [-0.1, -0.05) is 6.07 Å². The van der Waals surface area contributed by atoms with Gasteiger partial charge in [0.15, 0.2) is 0 Å². The van der Waals surface area contributed by atoms with E-state index in [1.807, 2.05) is 39.8 Å². The number of aliphatic hydroxyl groups is 1. The fourth-order valence-electron chi connectivity index (χ4n) is 2.97. The van der Waals surface area contributed by atoms with Crippen molar-refractivity contribution >= 4 is 0 Å². The molecule has 1 saturated heterocycles. The van der Waals surface area contributed by atoms with Crippen molar-refractivity contribution in [1.82, 2.24) is 5.32 Å². The molecule has 3 nitrogen and oxygen atoms in total. The highest BCUT2D eigenvalue weighted by atomic mass is 16.5. The molecule has 1 unspecified atom stereocenters. The minimum atomic E-state index is -0.761. The van der Waals surface area contributed by atoms with Gasteiger partial charge in [-0.2, -0.15) is 0 Å². The standard InChI is InChI=1S/C17H27NO2/c1-12(2)20-16-6-5-15(11-13(16)3)17(4,19)14-7-9-18-10-8-14/h5-6,11-12,14,18-19H,7-10H2,1-4H3. The Hall–Kier alpha value is -1.06. The fraction of sp³-hybridized carbons (Fsp3) is 0.647. The zero-order valence-corrected chi connectivity index (χ0v) is 13.1. The average molecular weight is 277 g/mol. The summed E-state index contributed by atoms with van der Waals surface area (Å²) < 4.78 is 5.77. The molecule has 112 valence electrons. The van der Waals surface area contributed by atoms with Gasteiger partial charge in [-0.25, -0.2) is 0 Å². The van der Waals surface area contributed by atoms with E-state index in [-0.39, 0.29) is 6.10 Å². The van der Waals surface area contributed by atoms with Crippen LogP contribution in [-0.2, 0) is 5.60 Å².